The van der Waals surface area contributed by atoms with Crippen LogP contribution in [0, 0.1) is 0 Å². The minimum absolute atomic E-state index is 0.0336. The van der Waals surface area contributed by atoms with E-state index >= 15 is 0 Å². The Morgan fingerprint density at radius 3 is 2.22 bits per heavy atom. The monoisotopic (exact) mass is 386 g/mol. The molecule has 1 aliphatic heterocycles. The maximum Gasteiger partial charge on any atom is 0.124 e. The number of thiophene rings is 1. The summed E-state index contributed by atoms with van der Waals surface area (Å²) in [7, 11) is 0. The Morgan fingerprint density at radius 1 is 1.04 bits per heavy atom. The van der Waals surface area contributed by atoms with Gasteiger partial charge in [-0.1, -0.05) is 53.7 Å². The summed E-state index contributed by atoms with van der Waals surface area (Å²) in [6.07, 6.45) is 0. The lowest BCUT2D eigenvalue weighted by atomic mass is 9.78. The molecule has 27 heavy (non-hydrogen) atoms. The first-order valence-electron chi connectivity index (χ1n) is 9.95. The van der Waals surface area contributed by atoms with Gasteiger partial charge in [-0.2, -0.15) is 0 Å². The molecular weight excluding hydrogens is 352 g/mol. The molecule has 2 aromatic rings. The van der Waals surface area contributed by atoms with Gasteiger partial charge >= 0.3 is 0 Å². The molecule has 1 atom stereocenters. The van der Waals surface area contributed by atoms with E-state index in [-0.39, 0.29) is 16.9 Å². The van der Waals surface area contributed by atoms with Gasteiger partial charge in [0.1, 0.15) is 5.75 Å². The Labute approximate surface area is 168 Å². The van der Waals surface area contributed by atoms with Crippen LogP contribution in [0.3, 0.4) is 0 Å². The van der Waals surface area contributed by atoms with E-state index < -0.39 is 0 Å². The molecule has 0 bridgehead atoms. The first-order chi connectivity index (χ1) is 12.6. The second-order valence-electron chi connectivity index (χ2n) is 9.67. The van der Waals surface area contributed by atoms with Crippen molar-refractivity contribution in [2.24, 2.45) is 0 Å². The van der Waals surface area contributed by atoms with Crippen LogP contribution in [0.2, 0.25) is 0 Å². The molecule has 3 rings (SSSR count). The van der Waals surface area contributed by atoms with Gasteiger partial charge in [0.25, 0.3) is 0 Å². The predicted molar refractivity (Wildman–Crippen MR) is 116 cm³/mol. The number of hydrogen-bond donors (Lipinski definition) is 2. The molecule has 2 heterocycles. The molecular formula is C23H34N2OS. The summed E-state index contributed by atoms with van der Waals surface area (Å²) in [4.78, 5) is 3.81. The van der Waals surface area contributed by atoms with E-state index in [9.17, 15) is 5.11 Å². The summed E-state index contributed by atoms with van der Waals surface area (Å²) in [6, 6.07) is 8.89. The lowest BCUT2D eigenvalue weighted by molar-refractivity contribution is 0.197. The molecule has 0 amide bonds. The van der Waals surface area contributed by atoms with Crippen LogP contribution < -0.4 is 5.32 Å². The first kappa shape index (κ1) is 20.4. The number of aromatic hydroxyl groups is 1. The Bertz CT molecular complexity index is 763. The van der Waals surface area contributed by atoms with E-state index in [1.165, 1.54) is 10.4 Å². The standard InChI is InChI=1S/C23H34N2OS/c1-22(2,3)16-14-17(21(26)18(15-16)23(4,5)6)20(19-8-7-13-27-19)25-11-9-24-10-12-25/h7-8,13-15,20,24,26H,9-12H2,1-6H3/t20-/m1/s1. The largest absolute Gasteiger partial charge is 0.507 e. The summed E-state index contributed by atoms with van der Waals surface area (Å²) < 4.78 is 0. The third-order valence-corrected chi connectivity index (χ3v) is 6.36. The van der Waals surface area contributed by atoms with Crippen molar-refractivity contribution < 1.29 is 5.11 Å². The van der Waals surface area contributed by atoms with Gasteiger partial charge < -0.3 is 10.4 Å². The molecule has 1 aromatic heterocycles. The van der Waals surface area contributed by atoms with Crippen LogP contribution in [0.25, 0.3) is 0 Å². The molecule has 1 aliphatic rings. The van der Waals surface area contributed by atoms with Crippen LogP contribution in [0.1, 0.15) is 69.2 Å². The second kappa shape index (κ2) is 7.57. The van der Waals surface area contributed by atoms with Gasteiger partial charge in [0, 0.05) is 36.6 Å². The van der Waals surface area contributed by atoms with Crippen molar-refractivity contribution in [3.05, 3.63) is 51.2 Å². The molecule has 1 aromatic carbocycles. The molecule has 0 aliphatic carbocycles. The first-order valence-corrected chi connectivity index (χ1v) is 10.8. The maximum absolute atomic E-state index is 11.4. The van der Waals surface area contributed by atoms with Gasteiger partial charge in [-0.3, -0.25) is 4.90 Å². The topological polar surface area (TPSA) is 35.5 Å². The van der Waals surface area contributed by atoms with Crippen LogP contribution in [0.15, 0.2) is 29.6 Å². The van der Waals surface area contributed by atoms with Crippen molar-refractivity contribution in [2.45, 2.75) is 58.4 Å². The predicted octanol–water partition coefficient (Wildman–Crippen LogP) is 5.04. The van der Waals surface area contributed by atoms with E-state index in [1.54, 1.807) is 11.3 Å². The molecule has 0 spiro atoms. The average Bonchev–Trinajstić information content (AvgIpc) is 3.09. The van der Waals surface area contributed by atoms with E-state index in [2.05, 4.69) is 81.4 Å². The van der Waals surface area contributed by atoms with Crippen LogP contribution in [0.5, 0.6) is 5.75 Å². The lowest BCUT2D eigenvalue weighted by Crippen LogP contribution is -2.45. The fourth-order valence-electron chi connectivity index (χ4n) is 3.79. The van der Waals surface area contributed by atoms with Gasteiger partial charge in [0.2, 0.25) is 0 Å². The molecule has 0 radical (unpaired) electrons. The zero-order chi connectivity index (χ0) is 19.8. The van der Waals surface area contributed by atoms with Crippen molar-refractivity contribution >= 4 is 11.3 Å². The summed E-state index contributed by atoms with van der Waals surface area (Å²) in [5.41, 5.74) is 3.31. The number of nitrogens with zero attached hydrogens (tertiary/aromatic N) is 1. The van der Waals surface area contributed by atoms with E-state index in [0.717, 1.165) is 37.3 Å². The molecule has 3 nitrogen and oxygen atoms in total. The molecule has 4 heteroatoms. The SMILES string of the molecule is CC(C)(C)c1cc([C@H](c2cccs2)N2CCNCC2)c(O)c(C(C)(C)C)c1. The minimum atomic E-state index is -0.108. The fourth-order valence-corrected chi connectivity index (χ4v) is 4.66. The summed E-state index contributed by atoms with van der Waals surface area (Å²) >= 11 is 1.78. The minimum Gasteiger partial charge on any atom is -0.507 e. The Hall–Kier alpha value is -1.36. The highest BCUT2D eigenvalue weighted by atomic mass is 32.1. The van der Waals surface area contributed by atoms with Crippen molar-refractivity contribution in [1.82, 2.24) is 10.2 Å². The number of hydrogen-bond acceptors (Lipinski definition) is 4. The number of rotatable bonds is 3. The molecule has 1 fully saturated rings. The van der Waals surface area contributed by atoms with Crippen molar-refractivity contribution in [1.29, 1.82) is 0 Å². The Kier molecular flexibility index (Phi) is 5.72. The number of nitrogens with one attached hydrogen (secondary N) is 1. The van der Waals surface area contributed by atoms with E-state index in [4.69, 9.17) is 0 Å². The van der Waals surface area contributed by atoms with Crippen LogP contribution >= 0.6 is 11.3 Å². The summed E-state index contributed by atoms with van der Waals surface area (Å²) in [5.74, 6) is 0.465. The number of phenols is 1. The molecule has 0 saturated carbocycles. The average molecular weight is 387 g/mol. The molecule has 2 N–H and O–H groups in total. The second-order valence-corrected chi connectivity index (χ2v) is 10.6. The number of phenolic OH excluding ortho intramolecular Hbond substituents is 1. The highest BCUT2D eigenvalue weighted by Crippen LogP contribution is 2.44. The van der Waals surface area contributed by atoms with Crippen molar-refractivity contribution in [3.63, 3.8) is 0 Å². The van der Waals surface area contributed by atoms with Crippen LogP contribution in [0.4, 0.5) is 0 Å². The molecule has 148 valence electrons. The smallest absolute Gasteiger partial charge is 0.124 e. The van der Waals surface area contributed by atoms with Gasteiger partial charge in [0.15, 0.2) is 0 Å². The lowest BCUT2D eigenvalue weighted by Gasteiger charge is -2.37. The zero-order valence-electron chi connectivity index (χ0n) is 17.6. The Balaban J connectivity index is 2.21. The Morgan fingerprint density at radius 2 is 1.70 bits per heavy atom. The van der Waals surface area contributed by atoms with Crippen molar-refractivity contribution in [2.75, 3.05) is 26.2 Å². The van der Waals surface area contributed by atoms with Gasteiger partial charge in [0.05, 0.1) is 6.04 Å². The third-order valence-electron chi connectivity index (χ3n) is 5.44. The van der Waals surface area contributed by atoms with Gasteiger partial charge in [-0.05, 0) is 39.5 Å². The van der Waals surface area contributed by atoms with E-state index in [0.29, 0.717) is 5.75 Å². The van der Waals surface area contributed by atoms with Gasteiger partial charge in [-0.15, -0.1) is 11.3 Å². The van der Waals surface area contributed by atoms with Crippen molar-refractivity contribution in [3.8, 4) is 5.75 Å². The molecule has 1 saturated heterocycles. The number of benzene rings is 1. The highest BCUT2D eigenvalue weighted by molar-refractivity contribution is 7.10. The quantitative estimate of drug-likeness (QED) is 0.775. The van der Waals surface area contributed by atoms with E-state index in [1.807, 2.05) is 0 Å². The fraction of sp³-hybridized carbons (Fsp3) is 0.565. The molecule has 0 unspecified atom stereocenters. The van der Waals surface area contributed by atoms with Crippen LogP contribution in [-0.2, 0) is 10.8 Å². The normalized spacial score (nSPS) is 17.9. The number of piperazine rings is 1. The highest BCUT2D eigenvalue weighted by Gasteiger charge is 2.32. The van der Waals surface area contributed by atoms with Crippen LogP contribution in [-0.4, -0.2) is 36.2 Å². The summed E-state index contributed by atoms with van der Waals surface area (Å²) in [6.45, 7) is 17.3. The van der Waals surface area contributed by atoms with Gasteiger partial charge in [-0.25, -0.2) is 0 Å². The summed E-state index contributed by atoms with van der Waals surface area (Å²) in [5, 5.41) is 17.0. The maximum atomic E-state index is 11.4. The zero-order valence-corrected chi connectivity index (χ0v) is 18.4. The third kappa shape index (κ3) is 4.39.